The zero-order valence-electron chi connectivity index (χ0n) is 11.0. The van der Waals surface area contributed by atoms with E-state index in [9.17, 15) is 0 Å². The van der Waals surface area contributed by atoms with Crippen molar-refractivity contribution in [2.45, 2.75) is 32.0 Å². The summed E-state index contributed by atoms with van der Waals surface area (Å²) in [6.45, 7) is 7.81. The minimum absolute atomic E-state index is 0.165. The van der Waals surface area contributed by atoms with Gasteiger partial charge < -0.3 is 5.73 Å². The topological polar surface area (TPSA) is 32.5 Å². The molecule has 2 rings (SSSR count). The molecular weight excluding hydrogens is 230 g/mol. The Kier molecular flexibility index (Phi) is 4.20. The smallest absolute Gasteiger partial charge is 0.0519 e. The molecule has 1 fully saturated rings. The Balaban J connectivity index is 1.91. The lowest BCUT2D eigenvalue weighted by Crippen LogP contribution is -2.55. The standard InChI is InChI=1S/C13H23N3S/c1-10-7-16(8-11(2)15(10)3)9-12(14)13-5-4-6-17-13/h4-6,10-12H,7-9,14H2,1-3H3. The molecule has 2 N–H and O–H groups in total. The largest absolute Gasteiger partial charge is 0.322 e. The zero-order valence-corrected chi connectivity index (χ0v) is 11.8. The second-order valence-electron chi connectivity index (χ2n) is 5.20. The minimum Gasteiger partial charge on any atom is -0.322 e. The van der Waals surface area contributed by atoms with Crippen molar-refractivity contribution in [2.24, 2.45) is 5.73 Å². The van der Waals surface area contributed by atoms with Crippen molar-refractivity contribution in [3.8, 4) is 0 Å². The molecule has 0 saturated carbocycles. The molecule has 0 amide bonds. The highest BCUT2D eigenvalue weighted by molar-refractivity contribution is 7.10. The van der Waals surface area contributed by atoms with Crippen molar-refractivity contribution in [2.75, 3.05) is 26.7 Å². The summed E-state index contributed by atoms with van der Waals surface area (Å²) in [5.41, 5.74) is 6.25. The van der Waals surface area contributed by atoms with E-state index in [4.69, 9.17) is 5.73 Å². The van der Waals surface area contributed by atoms with Gasteiger partial charge in [-0.15, -0.1) is 11.3 Å². The molecule has 1 aliphatic heterocycles. The summed E-state index contributed by atoms with van der Waals surface area (Å²) in [5, 5.41) is 2.10. The van der Waals surface area contributed by atoms with E-state index in [1.54, 1.807) is 11.3 Å². The maximum Gasteiger partial charge on any atom is 0.0519 e. The van der Waals surface area contributed by atoms with Crippen LogP contribution in [0.15, 0.2) is 17.5 Å². The van der Waals surface area contributed by atoms with Crippen LogP contribution in [0.5, 0.6) is 0 Å². The quantitative estimate of drug-likeness (QED) is 0.891. The Bertz CT molecular complexity index is 326. The van der Waals surface area contributed by atoms with Gasteiger partial charge in [0.25, 0.3) is 0 Å². The molecule has 1 saturated heterocycles. The maximum atomic E-state index is 6.25. The van der Waals surface area contributed by atoms with Crippen LogP contribution in [0, 0.1) is 0 Å². The third-order valence-electron chi connectivity index (χ3n) is 3.80. The molecule has 3 atom stereocenters. The van der Waals surface area contributed by atoms with E-state index in [-0.39, 0.29) is 6.04 Å². The van der Waals surface area contributed by atoms with E-state index >= 15 is 0 Å². The number of likely N-dealkylation sites (N-methyl/N-ethyl adjacent to an activating group) is 1. The van der Waals surface area contributed by atoms with E-state index in [0.29, 0.717) is 12.1 Å². The predicted octanol–water partition coefficient (Wildman–Crippen LogP) is 1.77. The van der Waals surface area contributed by atoms with Crippen LogP contribution < -0.4 is 5.73 Å². The van der Waals surface area contributed by atoms with Gasteiger partial charge in [0, 0.05) is 36.6 Å². The van der Waals surface area contributed by atoms with Gasteiger partial charge in [0.2, 0.25) is 0 Å². The van der Waals surface area contributed by atoms with Crippen molar-refractivity contribution in [1.29, 1.82) is 0 Å². The molecule has 4 heteroatoms. The van der Waals surface area contributed by atoms with Gasteiger partial charge in [-0.2, -0.15) is 0 Å². The first-order valence-corrected chi connectivity index (χ1v) is 7.19. The Labute approximate surface area is 108 Å². The molecule has 2 heterocycles. The number of rotatable bonds is 3. The van der Waals surface area contributed by atoms with Crippen LogP contribution in [0.25, 0.3) is 0 Å². The molecule has 0 radical (unpaired) electrons. The first kappa shape index (κ1) is 13.0. The van der Waals surface area contributed by atoms with E-state index in [1.165, 1.54) is 4.88 Å². The fourth-order valence-electron chi connectivity index (χ4n) is 2.53. The van der Waals surface area contributed by atoms with Crippen LogP contribution >= 0.6 is 11.3 Å². The lowest BCUT2D eigenvalue weighted by molar-refractivity contribution is 0.0568. The molecule has 1 aliphatic rings. The number of nitrogens with two attached hydrogens (primary N) is 1. The lowest BCUT2D eigenvalue weighted by atomic mass is 10.1. The Morgan fingerprint density at radius 1 is 1.41 bits per heavy atom. The Morgan fingerprint density at radius 2 is 2.06 bits per heavy atom. The van der Waals surface area contributed by atoms with Crippen LogP contribution in [0.4, 0.5) is 0 Å². The molecule has 0 aliphatic carbocycles. The van der Waals surface area contributed by atoms with Crippen LogP contribution in [0.3, 0.4) is 0 Å². The third kappa shape index (κ3) is 3.07. The molecule has 17 heavy (non-hydrogen) atoms. The van der Waals surface area contributed by atoms with Gasteiger partial charge in [-0.25, -0.2) is 0 Å². The van der Waals surface area contributed by atoms with Crippen LogP contribution in [0.2, 0.25) is 0 Å². The number of hydrogen-bond donors (Lipinski definition) is 1. The summed E-state index contributed by atoms with van der Waals surface area (Å²) in [5.74, 6) is 0. The van der Waals surface area contributed by atoms with Crippen LogP contribution in [-0.2, 0) is 0 Å². The van der Waals surface area contributed by atoms with Crippen LogP contribution in [-0.4, -0.2) is 48.6 Å². The van der Waals surface area contributed by atoms with Gasteiger partial charge in [-0.3, -0.25) is 9.80 Å². The Morgan fingerprint density at radius 3 is 2.59 bits per heavy atom. The van der Waals surface area contributed by atoms with Crippen molar-refractivity contribution in [3.05, 3.63) is 22.4 Å². The number of nitrogens with zero attached hydrogens (tertiary/aromatic N) is 2. The summed E-state index contributed by atoms with van der Waals surface area (Å²) in [6, 6.07) is 5.62. The maximum absolute atomic E-state index is 6.25. The average Bonchev–Trinajstić information content (AvgIpc) is 2.79. The van der Waals surface area contributed by atoms with E-state index < -0.39 is 0 Å². The van der Waals surface area contributed by atoms with Gasteiger partial charge in [0.05, 0.1) is 6.04 Å². The minimum atomic E-state index is 0.165. The predicted molar refractivity (Wildman–Crippen MR) is 74.4 cm³/mol. The SMILES string of the molecule is CC1CN(CC(N)c2cccs2)CC(C)N1C. The van der Waals surface area contributed by atoms with Crippen LogP contribution in [0.1, 0.15) is 24.8 Å². The molecular formula is C13H23N3S. The molecule has 1 aromatic rings. The summed E-state index contributed by atoms with van der Waals surface area (Å²) in [6.07, 6.45) is 0. The summed E-state index contributed by atoms with van der Waals surface area (Å²) >= 11 is 1.76. The molecule has 1 aromatic heterocycles. The highest BCUT2D eigenvalue weighted by Crippen LogP contribution is 2.20. The first-order valence-electron chi connectivity index (χ1n) is 6.31. The van der Waals surface area contributed by atoms with E-state index in [1.807, 2.05) is 0 Å². The molecule has 3 nitrogen and oxygen atoms in total. The highest BCUT2D eigenvalue weighted by Gasteiger charge is 2.27. The number of hydrogen-bond acceptors (Lipinski definition) is 4. The van der Waals surface area contributed by atoms with Gasteiger partial charge in [-0.05, 0) is 32.3 Å². The fraction of sp³-hybridized carbons (Fsp3) is 0.692. The van der Waals surface area contributed by atoms with Gasteiger partial charge in [0.1, 0.15) is 0 Å². The Hall–Kier alpha value is -0.420. The fourth-order valence-corrected chi connectivity index (χ4v) is 3.25. The number of piperazine rings is 1. The van der Waals surface area contributed by atoms with Crippen molar-refractivity contribution >= 4 is 11.3 Å². The average molecular weight is 253 g/mol. The van der Waals surface area contributed by atoms with Gasteiger partial charge in [-0.1, -0.05) is 6.07 Å². The molecule has 0 aromatic carbocycles. The lowest BCUT2D eigenvalue weighted by Gasteiger charge is -2.43. The second kappa shape index (κ2) is 5.48. The number of thiophene rings is 1. The molecule has 0 bridgehead atoms. The van der Waals surface area contributed by atoms with Crippen molar-refractivity contribution < 1.29 is 0 Å². The normalized spacial score (nSPS) is 29.4. The molecule has 96 valence electrons. The first-order chi connectivity index (χ1) is 8.08. The van der Waals surface area contributed by atoms with E-state index in [2.05, 4.69) is 48.2 Å². The summed E-state index contributed by atoms with van der Waals surface area (Å²) in [7, 11) is 2.21. The third-order valence-corrected chi connectivity index (χ3v) is 4.80. The zero-order chi connectivity index (χ0) is 12.4. The van der Waals surface area contributed by atoms with Crippen molar-refractivity contribution in [3.63, 3.8) is 0 Å². The molecule has 3 unspecified atom stereocenters. The summed E-state index contributed by atoms with van der Waals surface area (Å²) in [4.78, 5) is 6.25. The monoisotopic (exact) mass is 253 g/mol. The highest BCUT2D eigenvalue weighted by atomic mass is 32.1. The van der Waals surface area contributed by atoms with Gasteiger partial charge in [0.15, 0.2) is 0 Å². The van der Waals surface area contributed by atoms with Gasteiger partial charge >= 0.3 is 0 Å². The summed E-state index contributed by atoms with van der Waals surface area (Å²) < 4.78 is 0. The second-order valence-corrected chi connectivity index (χ2v) is 6.18. The molecule has 0 spiro atoms. The van der Waals surface area contributed by atoms with Crippen molar-refractivity contribution in [1.82, 2.24) is 9.80 Å². The van der Waals surface area contributed by atoms with E-state index in [0.717, 1.165) is 19.6 Å².